The number of likely N-dealkylation sites (tertiary alicyclic amines) is 1. The van der Waals surface area contributed by atoms with Crippen molar-refractivity contribution in [1.29, 1.82) is 0 Å². The van der Waals surface area contributed by atoms with Crippen molar-refractivity contribution in [3.63, 3.8) is 0 Å². The van der Waals surface area contributed by atoms with Crippen LogP contribution in [0.2, 0.25) is 5.02 Å². The smallest absolute Gasteiger partial charge is 0.201 e. The molecule has 0 radical (unpaired) electrons. The predicted octanol–water partition coefficient (Wildman–Crippen LogP) is 2.82. The number of nitrogens with two attached hydrogens (primary N) is 1. The first-order valence-electron chi connectivity index (χ1n) is 7.00. The van der Waals surface area contributed by atoms with E-state index >= 15 is 0 Å². The monoisotopic (exact) mass is 294 g/mol. The quantitative estimate of drug-likeness (QED) is 0.926. The van der Waals surface area contributed by atoms with Crippen molar-refractivity contribution in [2.45, 2.75) is 31.3 Å². The molecule has 0 spiro atoms. The van der Waals surface area contributed by atoms with Gasteiger partial charge in [0.2, 0.25) is 5.95 Å². The maximum atomic E-state index is 13.7. The molecule has 2 heterocycles. The molecule has 2 fully saturated rings. The van der Waals surface area contributed by atoms with Gasteiger partial charge in [-0.3, -0.25) is 4.90 Å². The van der Waals surface area contributed by atoms with E-state index < -0.39 is 5.82 Å². The van der Waals surface area contributed by atoms with Crippen LogP contribution in [0.4, 0.5) is 10.3 Å². The van der Waals surface area contributed by atoms with Crippen molar-refractivity contribution in [3.8, 4) is 0 Å². The second-order valence-electron chi connectivity index (χ2n) is 5.76. The van der Waals surface area contributed by atoms with Gasteiger partial charge in [-0.1, -0.05) is 11.6 Å². The number of aromatic nitrogens is 2. The van der Waals surface area contributed by atoms with E-state index in [4.69, 9.17) is 17.3 Å². The van der Waals surface area contributed by atoms with Gasteiger partial charge >= 0.3 is 0 Å². The fraction of sp³-hybridized carbons (Fsp3) is 0.500. The Morgan fingerprint density at radius 3 is 2.80 bits per heavy atom. The summed E-state index contributed by atoms with van der Waals surface area (Å²) in [7, 11) is 0. The van der Waals surface area contributed by atoms with Crippen LogP contribution in [0.5, 0.6) is 0 Å². The van der Waals surface area contributed by atoms with Gasteiger partial charge in [-0.2, -0.15) is 0 Å². The Hall–Kier alpha value is -1.33. The molecule has 20 heavy (non-hydrogen) atoms. The Morgan fingerprint density at radius 2 is 2.05 bits per heavy atom. The lowest BCUT2D eigenvalue weighted by Gasteiger charge is -2.17. The fourth-order valence-corrected chi connectivity index (χ4v) is 3.40. The molecule has 4 rings (SSSR count). The summed E-state index contributed by atoms with van der Waals surface area (Å²) in [5.41, 5.74) is 7.45. The summed E-state index contributed by atoms with van der Waals surface area (Å²) in [4.78, 5) is 6.82. The number of nitrogen functional groups attached to an aromatic ring is 1. The van der Waals surface area contributed by atoms with Crippen molar-refractivity contribution in [1.82, 2.24) is 14.5 Å². The average molecular weight is 295 g/mol. The number of anilines is 1. The van der Waals surface area contributed by atoms with Gasteiger partial charge in [-0.15, -0.1) is 0 Å². The standard InChI is InChI=1S/C14H16ClFN4/c15-10-5-12-13(6-11(10)16)20(14(17)18-12)9-3-4-19(7-9)8-1-2-8/h5-6,8-9H,1-4,7H2,(H2,17,18). The maximum absolute atomic E-state index is 13.7. The van der Waals surface area contributed by atoms with Gasteiger partial charge in [0.15, 0.2) is 0 Å². The van der Waals surface area contributed by atoms with E-state index in [2.05, 4.69) is 9.88 Å². The minimum atomic E-state index is -0.419. The molecule has 0 amide bonds. The fourth-order valence-electron chi connectivity index (χ4n) is 3.24. The summed E-state index contributed by atoms with van der Waals surface area (Å²) in [6, 6.07) is 4.02. The molecule has 106 valence electrons. The second-order valence-corrected chi connectivity index (χ2v) is 6.17. The molecule has 1 unspecified atom stereocenters. The highest BCUT2D eigenvalue weighted by Crippen LogP contribution is 2.36. The molecule has 0 bridgehead atoms. The van der Waals surface area contributed by atoms with Crippen molar-refractivity contribution in [2.24, 2.45) is 0 Å². The highest BCUT2D eigenvalue weighted by molar-refractivity contribution is 6.31. The van der Waals surface area contributed by atoms with E-state index in [9.17, 15) is 4.39 Å². The second kappa shape index (κ2) is 4.33. The zero-order chi connectivity index (χ0) is 13.9. The minimum Gasteiger partial charge on any atom is -0.369 e. The third-order valence-corrected chi connectivity index (χ3v) is 4.67. The molecule has 2 N–H and O–H groups in total. The average Bonchev–Trinajstić information content (AvgIpc) is 3.06. The highest BCUT2D eigenvalue weighted by Gasteiger charge is 2.35. The summed E-state index contributed by atoms with van der Waals surface area (Å²) in [5, 5.41) is 0.0909. The Labute approximate surface area is 121 Å². The summed E-state index contributed by atoms with van der Waals surface area (Å²) in [5.74, 6) is 0.0293. The minimum absolute atomic E-state index is 0.0909. The summed E-state index contributed by atoms with van der Waals surface area (Å²) >= 11 is 5.81. The number of halogens is 2. The van der Waals surface area contributed by atoms with Crippen molar-refractivity contribution >= 4 is 28.6 Å². The molecule has 2 aliphatic rings. The lowest BCUT2D eigenvalue weighted by Crippen LogP contribution is -2.24. The molecule has 1 saturated heterocycles. The summed E-state index contributed by atoms with van der Waals surface area (Å²) < 4.78 is 15.7. The predicted molar refractivity (Wildman–Crippen MR) is 77.4 cm³/mol. The van der Waals surface area contributed by atoms with Gasteiger partial charge in [-0.05, 0) is 25.3 Å². The molecule has 1 aliphatic carbocycles. The van der Waals surface area contributed by atoms with Gasteiger partial charge in [-0.25, -0.2) is 9.37 Å². The van der Waals surface area contributed by atoms with Crippen LogP contribution in [0, 0.1) is 5.82 Å². The van der Waals surface area contributed by atoms with Crippen LogP contribution in [-0.4, -0.2) is 33.6 Å². The Balaban J connectivity index is 1.75. The van der Waals surface area contributed by atoms with Gasteiger partial charge in [0, 0.05) is 25.2 Å². The van der Waals surface area contributed by atoms with E-state index in [1.165, 1.54) is 18.9 Å². The first-order valence-corrected chi connectivity index (χ1v) is 7.38. The van der Waals surface area contributed by atoms with Crippen molar-refractivity contribution in [2.75, 3.05) is 18.8 Å². The van der Waals surface area contributed by atoms with Crippen LogP contribution in [0.25, 0.3) is 11.0 Å². The number of benzene rings is 1. The van der Waals surface area contributed by atoms with Crippen LogP contribution >= 0.6 is 11.6 Å². The molecule has 1 atom stereocenters. The number of hydrogen-bond donors (Lipinski definition) is 1. The number of imidazole rings is 1. The van der Waals surface area contributed by atoms with Crippen LogP contribution < -0.4 is 5.73 Å². The Bertz CT molecular complexity index is 679. The largest absolute Gasteiger partial charge is 0.369 e. The van der Waals surface area contributed by atoms with Crippen LogP contribution in [-0.2, 0) is 0 Å². The van der Waals surface area contributed by atoms with Gasteiger partial charge in [0.1, 0.15) is 5.82 Å². The van der Waals surface area contributed by atoms with E-state index in [1.54, 1.807) is 6.07 Å². The highest BCUT2D eigenvalue weighted by atomic mass is 35.5. The number of hydrogen-bond acceptors (Lipinski definition) is 3. The van der Waals surface area contributed by atoms with Crippen LogP contribution in [0.15, 0.2) is 12.1 Å². The Morgan fingerprint density at radius 1 is 1.25 bits per heavy atom. The van der Waals surface area contributed by atoms with Crippen LogP contribution in [0.3, 0.4) is 0 Å². The van der Waals surface area contributed by atoms with E-state index in [1.807, 2.05) is 4.57 Å². The van der Waals surface area contributed by atoms with Gasteiger partial charge in [0.05, 0.1) is 22.1 Å². The third kappa shape index (κ3) is 1.88. The topological polar surface area (TPSA) is 47.1 Å². The molecule has 4 nitrogen and oxygen atoms in total. The summed E-state index contributed by atoms with van der Waals surface area (Å²) in [6.07, 6.45) is 3.64. The number of fused-ring (bicyclic) bond motifs is 1. The molecule has 1 aromatic carbocycles. The summed E-state index contributed by atoms with van der Waals surface area (Å²) in [6.45, 7) is 2.06. The molecule has 2 aromatic rings. The SMILES string of the molecule is Nc1nc2cc(Cl)c(F)cc2n1C1CCN(C2CC2)C1. The molecule has 1 aromatic heterocycles. The molecular formula is C14H16ClFN4. The van der Waals surface area contributed by atoms with E-state index in [0.717, 1.165) is 31.1 Å². The van der Waals surface area contributed by atoms with Crippen LogP contribution in [0.1, 0.15) is 25.3 Å². The Kier molecular flexibility index (Phi) is 2.69. The third-order valence-electron chi connectivity index (χ3n) is 4.38. The van der Waals surface area contributed by atoms with E-state index in [-0.39, 0.29) is 11.1 Å². The zero-order valence-electron chi connectivity index (χ0n) is 11.0. The molecular weight excluding hydrogens is 279 g/mol. The van der Waals surface area contributed by atoms with Crippen molar-refractivity contribution in [3.05, 3.63) is 23.0 Å². The zero-order valence-corrected chi connectivity index (χ0v) is 11.8. The lowest BCUT2D eigenvalue weighted by molar-refractivity contribution is 0.315. The lowest BCUT2D eigenvalue weighted by atomic mass is 10.2. The maximum Gasteiger partial charge on any atom is 0.201 e. The normalized spacial score (nSPS) is 23.8. The molecule has 1 saturated carbocycles. The number of nitrogens with zero attached hydrogens (tertiary/aromatic N) is 3. The van der Waals surface area contributed by atoms with Crippen molar-refractivity contribution < 1.29 is 4.39 Å². The van der Waals surface area contributed by atoms with Gasteiger partial charge < -0.3 is 10.3 Å². The first-order chi connectivity index (χ1) is 9.63. The number of rotatable bonds is 2. The first kappa shape index (κ1) is 12.4. The molecule has 1 aliphatic heterocycles. The van der Waals surface area contributed by atoms with E-state index in [0.29, 0.717) is 11.5 Å². The molecule has 6 heteroatoms. The van der Waals surface area contributed by atoms with Gasteiger partial charge in [0.25, 0.3) is 0 Å².